The minimum Gasteiger partial charge on any atom is -1.00 e. The molecule has 0 amide bonds. The molecule has 1 radical (unpaired) electrons. The summed E-state index contributed by atoms with van der Waals surface area (Å²) in [6.45, 7) is 9.98. The van der Waals surface area contributed by atoms with Crippen molar-refractivity contribution < 1.29 is 46.5 Å². The van der Waals surface area contributed by atoms with E-state index in [0.29, 0.717) is 0 Å². The van der Waals surface area contributed by atoms with E-state index < -0.39 is 0 Å². The Hall–Kier alpha value is -0.0888. The molecule has 24 heavy (non-hydrogen) atoms. The van der Waals surface area contributed by atoms with Crippen molar-refractivity contribution in [2.75, 3.05) is 0 Å². The van der Waals surface area contributed by atoms with Gasteiger partial charge >= 0.3 is 21.7 Å². The molecular weight excluding hydrogens is 389 g/mol. The van der Waals surface area contributed by atoms with Crippen molar-refractivity contribution in [1.29, 1.82) is 0 Å². The molecule has 129 valence electrons. The van der Waals surface area contributed by atoms with Crippen LogP contribution in [0.4, 0.5) is 0 Å². The Labute approximate surface area is 177 Å². The van der Waals surface area contributed by atoms with Crippen LogP contribution in [0.1, 0.15) is 31.9 Å². The molecule has 0 saturated heterocycles. The molecule has 1 nitrogen and oxygen atoms in total. The Morgan fingerprint density at radius 2 is 1.42 bits per heavy atom. The number of nitrogens with one attached hydrogen (secondary N) is 1. The number of fused-ring (bicyclic) bond motifs is 3. The Morgan fingerprint density at radius 1 is 0.958 bits per heavy atom. The molecule has 1 aliphatic rings. The van der Waals surface area contributed by atoms with Crippen LogP contribution >= 0.6 is 0 Å². The molecule has 2 aromatic rings. The van der Waals surface area contributed by atoms with Crippen LogP contribution in [0.3, 0.4) is 0 Å². The van der Waals surface area contributed by atoms with E-state index in [0.717, 1.165) is 15.9 Å². The summed E-state index contributed by atoms with van der Waals surface area (Å²) in [6, 6.07) is 18.1. The smallest absolute Gasteiger partial charge is 1.00 e. The second-order valence-corrected chi connectivity index (χ2v) is 7.38. The maximum atomic E-state index is 6.94. The fraction of sp³-hybridized carbons (Fsp3) is 0.368. The average Bonchev–Trinajstić information content (AvgIpc) is 2.76. The summed E-state index contributed by atoms with van der Waals surface area (Å²) in [5, 5.41) is 0. The number of halogens is 2. The van der Waals surface area contributed by atoms with E-state index in [-0.39, 0.29) is 52.1 Å². The Kier molecular flexibility index (Phi) is 16.9. The van der Waals surface area contributed by atoms with Gasteiger partial charge in [0.05, 0.1) is 0 Å². The number of hydrogen-bond acceptors (Lipinski definition) is 0. The molecule has 2 aromatic carbocycles. The first-order valence-electron chi connectivity index (χ1n) is 7.43. The molecule has 1 N–H and O–H groups in total. The molecule has 3 rings (SSSR count). The predicted molar refractivity (Wildman–Crippen MR) is 96.5 cm³/mol. The molecular formula is C19H26Cl2NSiTi. The summed E-state index contributed by atoms with van der Waals surface area (Å²) in [4.78, 5) is 0. The van der Waals surface area contributed by atoms with E-state index in [1.54, 1.807) is 0 Å². The van der Waals surface area contributed by atoms with Crippen molar-refractivity contribution in [3.8, 4) is 11.1 Å². The molecule has 0 unspecified atom stereocenters. The van der Waals surface area contributed by atoms with E-state index >= 15 is 0 Å². The largest absolute Gasteiger partial charge is 4.00 e. The van der Waals surface area contributed by atoms with Crippen LogP contribution in [0.5, 0.6) is 0 Å². The average molecular weight is 415 g/mol. The van der Waals surface area contributed by atoms with Gasteiger partial charge in [-0.25, -0.2) is 0 Å². The number of benzene rings is 2. The van der Waals surface area contributed by atoms with Crippen LogP contribution in [0.25, 0.3) is 16.9 Å². The third-order valence-corrected chi connectivity index (χ3v) is 2.62. The molecule has 0 fully saturated rings. The van der Waals surface area contributed by atoms with Crippen LogP contribution < -0.4 is 24.8 Å². The molecule has 0 heterocycles. The van der Waals surface area contributed by atoms with Crippen molar-refractivity contribution >= 4 is 9.52 Å². The second-order valence-electron chi connectivity index (χ2n) is 6.22. The third-order valence-electron chi connectivity index (χ3n) is 2.62. The fourth-order valence-electron chi connectivity index (χ4n) is 2.00. The summed E-state index contributed by atoms with van der Waals surface area (Å²) in [5.41, 5.74) is 12.2. The zero-order chi connectivity index (χ0) is 15.9. The monoisotopic (exact) mass is 414 g/mol. The summed E-state index contributed by atoms with van der Waals surface area (Å²) in [7, 11) is 0.750. The molecule has 0 spiro atoms. The summed E-state index contributed by atoms with van der Waals surface area (Å²) >= 11 is 0. The quantitative estimate of drug-likeness (QED) is 0.347. The van der Waals surface area contributed by atoms with Gasteiger partial charge in [0.25, 0.3) is 0 Å². The van der Waals surface area contributed by atoms with Crippen LogP contribution in [0, 0.1) is 6.07 Å². The van der Waals surface area contributed by atoms with Crippen LogP contribution in [0.2, 0.25) is 13.1 Å². The van der Waals surface area contributed by atoms with E-state index in [1.165, 1.54) is 22.3 Å². The standard InChI is InChI=1S/C13H9.C4H10N.C2H7Si.2ClH.Ti/c1-3-7-12-10(5-1)9-11-6-2-4-8-13(11)12;1-4(2,3)5;1-3-2;;;/h1-5,7-8H,9H2;5H,1-3H3;3H,1-2H3;2*1H;/q2*-1;;;;+4/p-2. The van der Waals surface area contributed by atoms with Crippen LogP contribution in [-0.2, 0) is 28.1 Å². The van der Waals surface area contributed by atoms with Gasteiger partial charge in [-0.2, -0.15) is 29.8 Å². The molecule has 1 aliphatic carbocycles. The maximum absolute atomic E-state index is 6.94. The second kappa shape index (κ2) is 14.1. The van der Waals surface area contributed by atoms with Crippen molar-refractivity contribution in [2.45, 2.75) is 45.8 Å². The van der Waals surface area contributed by atoms with Gasteiger partial charge in [-0.3, -0.25) is 0 Å². The normalized spacial score (nSPS) is 9.92. The predicted octanol–water partition coefficient (Wildman–Crippen LogP) is -0.580. The van der Waals surface area contributed by atoms with Crippen LogP contribution in [0.15, 0.2) is 42.5 Å². The zero-order valence-corrected chi connectivity index (χ0v) is 19.3. The van der Waals surface area contributed by atoms with Crippen molar-refractivity contribution in [2.24, 2.45) is 0 Å². The van der Waals surface area contributed by atoms with Gasteiger partial charge in [0.1, 0.15) is 0 Å². The SMILES string of the molecule is CC(C)(C)[NH-].C[SiH]C.[Cl-].[Cl-].[Ti+4].[c-]1cccc2c1Cc1ccccc1-2. The van der Waals surface area contributed by atoms with Crippen molar-refractivity contribution in [3.63, 3.8) is 0 Å². The molecule has 0 aromatic heterocycles. The Morgan fingerprint density at radius 3 is 1.96 bits per heavy atom. The topological polar surface area (TPSA) is 23.8 Å². The fourth-order valence-corrected chi connectivity index (χ4v) is 2.00. The number of hydrogen-bond donors (Lipinski definition) is 0. The Bertz CT molecular complexity index is 522. The van der Waals surface area contributed by atoms with Crippen molar-refractivity contribution in [3.05, 3.63) is 65.4 Å². The zero-order valence-electron chi connectivity index (χ0n) is 15.1. The minimum absolute atomic E-state index is 0. The minimum atomic E-state index is -0.250. The molecule has 0 saturated carbocycles. The molecule has 0 atom stereocenters. The van der Waals surface area contributed by atoms with Gasteiger partial charge in [0.2, 0.25) is 0 Å². The first-order chi connectivity index (χ1) is 9.86. The first kappa shape index (κ1) is 28.7. The third kappa shape index (κ3) is 10.7. The summed E-state index contributed by atoms with van der Waals surface area (Å²) in [6.07, 6.45) is 1.05. The van der Waals surface area contributed by atoms with Gasteiger partial charge in [-0.1, -0.05) is 69.3 Å². The van der Waals surface area contributed by atoms with E-state index in [4.69, 9.17) is 5.73 Å². The van der Waals surface area contributed by atoms with Crippen LogP contribution in [-0.4, -0.2) is 15.1 Å². The van der Waals surface area contributed by atoms with Gasteiger partial charge in [-0.15, -0.1) is 11.1 Å². The maximum Gasteiger partial charge on any atom is 4.00 e. The van der Waals surface area contributed by atoms with E-state index in [9.17, 15) is 0 Å². The van der Waals surface area contributed by atoms with E-state index in [1.807, 2.05) is 26.8 Å². The van der Waals surface area contributed by atoms with Crippen molar-refractivity contribution in [1.82, 2.24) is 0 Å². The van der Waals surface area contributed by atoms with Gasteiger partial charge in [0.15, 0.2) is 0 Å². The number of rotatable bonds is 0. The summed E-state index contributed by atoms with van der Waals surface area (Å²) < 4.78 is 0. The van der Waals surface area contributed by atoms with Gasteiger partial charge in [0, 0.05) is 9.52 Å². The van der Waals surface area contributed by atoms with E-state index in [2.05, 4.69) is 55.6 Å². The summed E-state index contributed by atoms with van der Waals surface area (Å²) in [5.74, 6) is 0. The Balaban J connectivity index is -0.000000351. The molecule has 0 aliphatic heterocycles. The first-order valence-corrected chi connectivity index (χ1v) is 9.74. The molecule has 5 heteroatoms. The molecule has 0 bridgehead atoms. The van der Waals surface area contributed by atoms with Gasteiger partial charge in [-0.05, 0) is 6.42 Å². The van der Waals surface area contributed by atoms with Gasteiger partial charge < -0.3 is 30.5 Å².